The van der Waals surface area contributed by atoms with Gasteiger partial charge in [-0.05, 0) is 37.3 Å². The highest BCUT2D eigenvalue weighted by atomic mass is 19.1. The lowest BCUT2D eigenvalue weighted by Crippen LogP contribution is -2.33. The van der Waals surface area contributed by atoms with E-state index in [2.05, 4.69) is 15.6 Å². The Kier molecular flexibility index (Phi) is 4.60. The van der Waals surface area contributed by atoms with Gasteiger partial charge in [0.2, 0.25) is 5.91 Å². The number of carbonyl (C=O) groups is 2. The molecular formula is C20H18FN3O4. The Morgan fingerprint density at radius 1 is 1.11 bits per heavy atom. The summed E-state index contributed by atoms with van der Waals surface area (Å²) >= 11 is 0. The Morgan fingerprint density at radius 3 is 2.71 bits per heavy atom. The molecule has 7 nitrogen and oxygen atoms in total. The van der Waals surface area contributed by atoms with Crippen LogP contribution in [0.3, 0.4) is 0 Å². The molecule has 0 spiro atoms. The number of fused-ring (bicyclic) bond motifs is 2. The number of aromatic nitrogens is 1. The first-order chi connectivity index (χ1) is 13.5. The Bertz CT molecular complexity index is 1080. The summed E-state index contributed by atoms with van der Waals surface area (Å²) in [6, 6.07) is 9.26. The van der Waals surface area contributed by atoms with Crippen LogP contribution >= 0.6 is 0 Å². The first-order valence-corrected chi connectivity index (χ1v) is 8.77. The smallest absolute Gasteiger partial charge is 0.254 e. The number of carbonyl (C=O) groups excluding carboxylic acids is 2. The van der Waals surface area contributed by atoms with Crippen molar-refractivity contribution in [1.82, 2.24) is 10.3 Å². The number of nitrogens with one attached hydrogen (secondary N) is 3. The van der Waals surface area contributed by atoms with E-state index in [1.165, 1.54) is 12.1 Å². The number of hydrogen-bond acceptors (Lipinski definition) is 4. The Labute approximate surface area is 159 Å². The van der Waals surface area contributed by atoms with Crippen LogP contribution in [0.1, 0.15) is 16.1 Å². The fourth-order valence-corrected chi connectivity index (χ4v) is 3.17. The molecule has 2 amide bonds. The molecule has 2 aromatic carbocycles. The highest BCUT2D eigenvalue weighted by molar-refractivity contribution is 6.09. The SMILES string of the molecule is Cc1[nH]c2ccc(F)cc2c1C(=O)NCC(=O)Nc1ccc2c(c1)OCCO2. The van der Waals surface area contributed by atoms with Crippen molar-refractivity contribution in [2.24, 2.45) is 0 Å². The van der Waals surface area contributed by atoms with Crippen molar-refractivity contribution < 1.29 is 23.5 Å². The maximum Gasteiger partial charge on any atom is 0.254 e. The molecule has 0 bridgehead atoms. The van der Waals surface area contributed by atoms with Crippen molar-refractivity contribution in [2.75, 3.05) is 25.1 Å². The Balaban J connectivity index is 1.42. The summed E-state index contributed by atoms with van der Waals surface area (Å²) in [6.07, 6.45) is 0. The topological polar surface area (TPSA) is 92.5 Å². The van der Waals surface area contributed by atoms with Gasteiger partial charge in [-0.1, -0.05) is 0 Å². The molecule has 1 aliphatic heterocycles. The lowest BCUT2D eigenvalue weighted by molar-refractivity contribution is -0.115. The van der Waals surface area contributed by atoms with E-state index in [1.54, 1.807) is 31.2 Å². The van der Waals surface area contributed by atoms with Gasteiger partial charge in [-0.25, -0.2) is 4.39 Å². The minimum absolute atomic E-state index is 0.227. The largest absolute Gasteiger partial charge is 0.486 e. The molecular weight excluding hydrogens is 365 g/mol. The molecule has 0 atom stereocenters. The van der Waals surface area contributed by atoms with Gasteiger partial charge in [0, 0.05) is 28.4 Å². The molecule has 0 fully saturated rings. The molecule has 8 heteroatoms. The number of rotatable bonds is 4. The minimum atomic E-state index is -0.452. The Morgan fingerprint density at radius 2 is 1.89 bits per heavy atom. The molecule has 3 aromatic rings. The first kappa shape index (κ1) is 17.8. The molecule has 144 valence electrons. The zero-order chi connectivity index (χ0) is 19.7. The number of aromatic amines is 1. The molecule has 0 radical (unpaired) electrons. The van der Waals surface area contributed by atoms with E-state index in [0.29, 0.717) is 52.6 Å². The van der Waals surface area contributed by atoms with Crippen molar-refractivity contribution in [2.45, 2.75) is 6.92 Å². The van der Waals surface area contributed by atoms with Gasteiger partial charge in [0.25, 0.3) is 5.91 Å². The van der Waals surface area contributed by atoms with E-state index in [0.717, 1.165) is 0 Å². The molecule has 1 aromatic heterocycles. The molecule has 0 unspecified atom stereocenters. The second-order valence-electron chi connectivity index (χ2n) is 6.40. The average Bonchev–Trinajstić information content (AvgIpc) is 3.01. The van der Waals surface area contributed by atoms with Gasteiger partial charge >= 0.3 is 0 Å². The van der Waals surface area contributed by atoms with Gasteiger partial charge in [-0.3, -0.25) is 9.59 Å². The van der Waals surface area contributed by atoms with Crippen molar-refractivity contribution in [1.29, 1.82) is 0 Å². The van der Waals surface area contributed by atoms with E-state index in [1.807, 2.05) is 0 Å². The van der Waals surface area contributed by atoms with Gasteiger partial charge in [0.15, 0.2) is 11.5 Å². The highest BCUT2D eigenvalue weighted by Crippen LogP contribution is 2.32. The number of halogens is 1. The van der Waals surface area contributed by atoms with E-state index >= 15 is 0 Å². The zero-order valence-corrected chi connectivity index (χ0v) is 15.1. The number of benzene rings is 2. The predicted octanol–water partition coefficient (Wildman–Crippen LogP) is 2.76. The quantitative estimate of drug-likeness (QED) is 0.646. The van der Waals surface area contributed by atoms with Crippen molar-refractivity contribution in [3.63, 3.8) is 0 Å². The predicted molar refractivity (Wildman–Crippen MR) is 101 cm³/mol. The molecule has 1 aliphatic rings. The number of aryl methyl sites for hydroxylation is 1. The van der Waals surface area contributed by atoms with Gasteiger partial charge < -0.3 is 25.1 Å². The summed E-state index contributed by atoms with van der Waals surface area (Å²) in [6.45, 7) is 2.43. The van der Waals surface area contributed by atoms with E-state index in [-0.39, 0.29) is 6.54 Å². The maximum atomic E-state index is 13.5. The number of anilines is 1. The third kappa shape index (κ3) is 3.48. The number of amides is 2. The van der Waals surface area contributed by atoms with Gasteiger partial charge in [0.1, 0.15) is 19.0 Å². The van der Waals surface area contributed by atoms with E-state index < -0.39 is 17.6 Å². The number of H-pyrrole nitrogens is 1. The maximum absolute atomic E-state index is 13.5. The standard InChI is InChI=1S/C20H18FN3O4/c1-11-19(14-8-12(21)2-4-15(14)23-11)20(26)22-10-18(25)24-13-3-5-16-17(9-13)28-7-6-27-16/h2-5,8-9,23H,6-7,10H2,1H3,(H,22,26)(H,24,25). The molecule has 4 rings (SSSR count). The number of ether oxygens (including phenoxy) is 2. The normalized spacial score (nSPS) is 12.6. The Hall–Kier alpha value is -3.55. The van der Waals surface area contributed by atoms with Gasteiger partial charge in [-0.15, -0.1) is 0 Å². The summed E-state index contributed by atoms with van der Waals surface area (Å²) in [5.41, 5.74) is 2.12. The van der Waals surface area contributed by atoms with Crippen molar-refractivity contribution in [3.8, 4) is 11.5 Å². The van der Waals surface area contributed by atoms with Gasteiger partial charge in [0.05, 0.1) is 12.1 Å². The molecule has 3 N–H and O–H groups in total. The monoisotopic (exact) mass is 383 g/mol. The van der Waals surface area contributed by atoms with Crippen LogP contribution in [0.4, 0.5) is 10.1 Å². The second kappa shape index (κ2) is 7.22. The van der Waals surface area contributed by atoms with Crippen LogP contribution in [0.15, 0.2) is 36.4 Å². The van der Waals surface area contributed by atoms with Crippen LogP contribution in [0.5, 0.6) is 11.5 Å². The summed E-state index contributed by atoms with van der Waals surface area (Å²) < 4.78 is 24.4. The summed E-state index contributed by atoms with van der Waals surface area (Å²) in [7, 11) is 0. The summed E-state index contributed by atoms with van der Waals surface area (Å²) in [5.74, 6) is -0.0959. The van der Waals surface area contributed by atoms with Crippen LogP contribution in [0.25, 0.3) is 10.9 Å². The van der Waals surface area contributed by atoms with Crippen LogP contribution < -0.4 is 20.1 Å². The van der Waals surface area contributed by atoms with E-state index in [4.69, 9.17) is 9.47 Å². The molecule has 2 heterocycles. The van der Waals surface area contributed by atoms with Crippen LogP contribution in [-0.2, 0) is 4.79 Å². The van der Waals surface area contributed by atoms with Gasteiger partial charge in [-0.2, -0.15) is 0 Å². The molecule has 0 aliphatic carbocycles. The van der Waals surface area contributed by atoms with Crippen molar-refractivity contribution >= 4 is 28.4 Å². The van der Waals surface area contributed by atoms with Crippen LogP contribution in [-0.4, -0.2) is 36.6 Å². The lowest BCUT2D eigenvalue weighted by atomic mass is 10.1. The van der Waals surface area contributed by atoms with Crippen molar-refractivity contribution in [3.05, 3.63) is 53.5 Å². The molecule has 28 heavy (non-hydrogen) atoms. The third-order valence-electron chi connectivity index (χ3n) is 4.41. The second-order valence-corrected chi connectivity index (χ2v) is 6.40. The van der Waals surface area contributed by atoms with Crippen LogP contribution in [0.2, 0.25) is 0 Å². The van der Waals surface area contributed by atoms with Crippen LogP contribution in [0, 0.1) is 12.7 Å². The molecule has 0 saturated heterocycles. The molecule has 0 saturated carbocycles. The summed E-state index contributed by atoms with van der Waals surface area (Å²) in [5, 5.41) is 5.74. The highest BCUT2D eigenvalue weighted by Gasteiger charge is 2.18. The number of hydrogen-bond donors (Lipinski definition) is 3. The fraction of sp³-hybridized carbons (Fsp3) is 0.200. The lowest BCUT2D eigenvalue weighted by Gasteiger charge is -2.19. The first-order valence-electron chi connectivity index (χ1n) is 8.77. The summed E-state index contributed by atoms with van der Waals surface area (Å²) in [4.78, 5) is 27.8. The minimum Gasteiger partial charge on any atom is -0.486 e. The zero-order valence-electron chi connectivity index (χ0n) is 15.1. The average molecular weight is 383 g/mol. The fourth-order valence-electron chi connectivity index (χ4n) is 3.17. The third-order valence-corrected chi connectivity index (χ3v) is 4.41. The van der Waals surface area contributed by atoms with E-state index in [9.17, 15) is 14.0 Å².